The second kappa shape index (κ2) is 64.4. The van der Waals surface area contributed by atoms with Crippen molar-refractivity contribution in [1.29, 1.82) is 0 Å². The van der Waals surface area contributed by atoms with Gasteiger partial charge in [0.2, 0.25) is 0 Å². The molecule has 0 amide bonds. The molecule has 1 atom stereocenters. The summed E-state index contributed by atoms with van der Waals surface area (Å²) >= 11 is 0. The second-order valence-electron chi connectivity index (χ2n) is 23.1. The lowest BCUT2D eigenvalue weighted by Crippen LogP contribution is -2.30. The number of unbranched alkanes of at least 4 members (excludes halogenated alkanes) is 48. The highest BCUT2D eigenvalue weighted by molar-refractivity contribution is 5.71. The fourth-order valence-electron chi connectivity index (χ4n) is 10.3. The van der Waals surface area contributed by atoms with Crippen LogP contribution in [0, 0.1) is 0 Å². The van der Waals surface area contributed by atoms with E-state index in [1.807, 2.05) is 0 Å². The summed E-state index contributed by atoms with van der Waals surface area (Å²) in [6.07, 6.45) is 77.6. The predicted octanol–water partition coefficient (Wildman–Crippen LogP) is 23.0. The van der Waals surface area contributed by atoms with Gasteiger partial charge < -0.3 is 14.2 Å². The fourth-order valence-corrected chi connectivity index (χ4v) is 10.3. The van der Waals surface area contributed by atoms with Crippen LogP contribution in [-0.4, -0.2) is 37.2 Å². The summed E-state index contributed by atoms with van der Waals surface area (Å²) in [5.74, 6) is -0.839. The third kappa shape index (κ3) is 62.6. The lowest BCUT2D eigenvalue weighted by Gasteiger charge is -2.18. The third-order valence-electron chi connectivity index (χ3n) is 15.4. The highest BCUT2D eigenvalue weighted by Crippen LogP contribution is 2.18. The van der Waals surface area contributed by atoms with Gasteiger partial charge in [0, 0.05) is 19.3 Å². The molecule has 0 heterocycles. The average Bonchev–Trinajstić information content (AvgIpc) is 3.41. The Morgan fingerprint density at radius 3 is 0.667 bits per heavy atom. The van der Waals surface area contributed by atoms with E-state index in [4.69, 9.17) is 14.2 Å². The maximum atomic E-state index is 12.9. The molecule has 0 aromatic rings. The van der Waals surface area contributed by atoms with Crippen molar-refractivity contribution in [2.45, 2.75) is 386 Å². The zero-order chi connectivity index (χ0) is 54.3. The van der Waals surface area contributed by atoms with Crippen LogP contribution in [-0.2, 0) is 28.6 Å². The van der Waals surface area contributed by atoms with Crippen LogP contribution >= 0.6 is 0 Å². The van der Waals surface area contributed by atoms with Gasteiger partial charge in [-0.3, -0.25) is 14.4 Å². The lowest BCUT2D eigenvalue weighted by atomic mass is 10.0. The van der Waals surface area contributed by atoms with Crippen LogP contribution in [0.15, 0.2) is 24.3 Å². The fraction of sp³-hybridized carbons (Fsp3) is 0.899. The number of esters is 3. The number of ether oxygens (including phenoxy) is 3. The minimum absolute atomic E-state index is 0.0663. The molecule has 0 aromatic heterocycles. The Balaban J connectivity index is 4.31. The van der Waals surface area contributed by atoms with Gasteiger partial charge in [-0.2, -0.15) is 0 Å². The van der Waals surface area contributed by atoms with Gasteiger partial charge in [0.15, 0.2) is 6.10 Å². The second-order valence-corrected chi connectivity index (χ2v) is 23.1. The molecule has 0 aliphatic carbocycles. The maximum Gasteiger partial charge on any atom is 0.306 e. The normalized spacial score (nSPS) is 12.1. The molecule has 0 aliphatic rings. The Hall–Kier alpha value is -2.11. The molecular formula is C69H130O6. The topological polar surface area (TPSA) is 78.9 Å². The zero-order valence-electron chi connectivity index (χ0n) is 50.8. The summed E-state index contributed by atoms with van der Waals surface area (Å²) in [4.78, 5) is 38.4. The standard InChI is InChI=1S/C69H130O6/c1-4-7-10-13-16-19-22-25-28-31-33-34-36-39-42-45-48-51-54-57-60-63-69(72)75-66(64-73-67(70)61-58-55-52-49-46-43-40-37-30-27-24-21-18-15-12-9-6-3)65-74-68(71)62-59-56-53-50-47-44-41-38-35-32-29-26-23-20-17-14-11-8-5-2/h25-26,28-29,66H,4-24,27,30-65H2,1-3H3/b28-25-,29-26-/t66-/m0/s1. The van der Waals surface area contributed by atoms with Crippen molar-refractivity contribution in [3.8, 4) is 0 Å². The summed E-state index contributed by atoms with van der Waals surface area (Å²) in [6, 6.07) is 0. The molecule has 0 spiro atoms. The molecule has 0 saturated carbocycles. The molecule has 6 nitrogen and oxygen atoms in total. The van der Waals surface area contributed by atoms with Gasteiger partial charge in [-0.15, -0.1) is 0 Å². The molecule has 75 heavy (non-hydrogen) atoms. The van der Waals surface area contributed by atoms with Crippen LogP contribution in [0.3, 0.4) is 0 Å². The smallest absolute Gasteiger partial charge is 0.306 e. The van der Waals surface area contributed by atoms with E-state index >= 15 is 0 Å². The van der Waals surface area contributed by atoms with Gasteiger partial charge in [-0.1, -0.05) is 315 Å². The minimum Gasteiger partial charge on any atom is -0.462 e. The van der Waals surface area contributed by atoms with Crippen molar-refractivity contribution in [3.05, 3.63) is 24.3 Å². The van der Waals surface area contributed by atoms with Crippen LogP contribution in [0.4, 0.5) is 0 Å². The highest BCUT2D eigenvalue weighted by atomic mass is 16.6. The SMILES string of the molecule is CCCCCCCC/C=C\CCCCCCCCCCCCCC(=O)O[C@H](COC(=O)CCCCCCCCCCC/C=C\CCCCCCCC)COC(=O)CCCCCCCCCCCCCCCCCCC. The Kier molecular flexibility index (Phi) is 62.6. The molecule has 0 bridgehead atoms. The van der Waals surface area contributed by atoms with Crippen molar-refractivity contribution in [2.75, 3.05) is 13.2 Å². The third-order valence-corrected chi connectivity index (χ3v) is 15.4. The number of carbonyl (C=O) groups is 3. The first kappa shape index (κ1) is 72.9. The lowest BCUT2D eigenvalue weighted by molar-refractivity contribution is -0.167. The van der Waals surface area contributed by atoms with Crippen LogP contribution < -0.4 is 0 Å². The van der Waals surface area contributed by atoms with E-state index in [-0.39, 0.29) is 31.1 Å². The van der Waals surface area contributed by atoms with E-state index in [2.05, 4.69) is 45.1 Å². The van der Waals surface area contributed by atoms with Crippen molar-refractivity contribution in [2.24, 2.45) is 0 Å². The minimum atomic E-state index is -0.770. The molecular weight excluding hydrogens is 925 g/mol. The Morgan fingerprint density at radius 2 is 0.440 bits per heavy atom. The van der Waals surface area contributed by atoms with E-state index < -0.39 is 6.10 Å². The molecule has 0 aromatic carbocycles. The molecule has 442 valence electrons. The Morgan fingerprint density at radius 1 is 0.253 bits per heavy atom. The first-order valence-corrected chi connectivity index (χ1v) is 33.8. The Bertz CT molecular complexity index is 1210. The van der Waals surface area contributed by atoms with E-state index in [0.717, 1.165) is 57.8 Å². The largest absolute Gasteiger partial charge is 0.462 e. The van der Waals surface area contributed by atoms with Gasteiger partial charge in [0.1, 0.15) is 13.2 Å². The number of allylic oxidation sites excluding steroid dienone is 4. The van der Waals surface area contributed by atoms with Crippen LogP contribution in [0.1, 0.15) is 380 Å². The van der Waals surface area contributed by atoms with Gasteiger partial charge in [0.05, 0.1) is 0 Å². The van der Waals surface area contributed by atoms with E-state index in [9.17, 15) is 14.4 Å². The van der Waals surface area contributed by atoms with E-state index in [0.29, 0.717) is 19.3 Å². The summed E-state index contributed by atoms with van der Waals surface area (Å²) in [7, 11) is 0. The summed E-state index contributed by atoms with van der Waals surface area (Å²) in [5, 5.41) is 0. The van der Waals surface area contributed by atoms with Crippen molar-refractivity contribution >= 4 is 17.9 Å². The van der Waals surface area contributed by atoms with E-state index in [1.54, 1.807) is 0 Å². The summed E-state index contributed by atoms with van der Waals surface area (Å²) < 4.78 is 17.0. The van der Waals surface area contributed by atoms with Gasteiger partial charge in [-0.05, 0) is 70.6 Å². The molecule has 0 saturated heterocycles. The molecule has 0 radical (unpaired) electrons. The quantitative estimate of drug-likeness (QED) is 0.0261. The van der Waals surface area contributed by atoms with Gasteiger partial charge in [0.25, 0.3) is 0 Å². The molecule has 0 N–H and O–H groups in total. The van der Waals surface area contributed by atoms with Crippen LogP contribution in [0.2, 0.25) is 0 Å². The highest BCUT2D eigenvalue weighted by Gasteiger charge is 2.19. The number of hydrogen-bond acceptors (Lipinski definition) is 6. The van der Waals surface area contributed by atoms with Gasteiger partial charge in [-0.25, -0.2) is 0 Å². The zero-order valence-corrected chi connectivity index (χ0v) is 50.8. The van der Waals surface area contributed by atoms with Crippen molar-refractivity contribution < 1.29 is 28.6 Å². The van der Waals surface area contributed by atoms with Crippen LogP contribution in [0.25, 0.3) is 0 Å². The Labute approximate surface area is 468 Å². The van der Waals surface area contributed by atoms with Crippen molar-refractivity contribution in [3.63, 3.8) is 0 Å². The summed E-state index contributed by atoms with van der Waals surface area (Å²) in [5.41, 5.74) is 0. The molecule has 0 rings (SSSR count). The molecule has 0 unspecified atom stereocenters. The first-order valence-electron chi connectivity index (χ1n) is 33.8. The maximum absolute atomic E-state index is 12.9. The van der Waals surface area contributed by atoms with E-state index in [1.165, 1.54) is 283 Å². The van der Waals surface area contributed by atoms with Gasteiger partial charge >= 0.3 is 17.9 Å². The summed E-state index contributed by atoms with van der Waals surface area (Å²) in [6.45, 7) is 6.71. The molecule has 6 heteroatoms. The van der Waals surface area contributed by atoms with Crippen LogP contribution in [0.5, 0.6) is 0 Å². The first-order chi connectivity index (χ1) is 37.0. The molecule has 0 aliphatic heterocycles. The monoisotopic (exact) mass is 1050 g/mol. The number of carbonyl (C=O) groups excluding carboxylic acids is 3. The van der Waals surface area contributed by atoms with Crippen molar-refractivity contribution in [1.82, 2.24) is 0 Å². The number of rotatable bonds is 63. The number of hydrogen-bond donors (Lipinski definition) is 0. The predicted molar refractivity (Wildman–Crippen MR) is 326 cm³/mol. The molecule has 0 fully saturated rings. The average molecular weight is 1060 g/mol.